The van der Waals surface area contributed by atoms with Gasteiger partial charge in [0.1, 0.15) is 12.4 Å². The maximum Gasteiger partial charge on any atom is 0.240 e. The van der Waals surface area contributed by atoms with Crippen LogP contribution in [0.4, 0.5) is 5.82 Å². The lowest BCUT2D eigenvalue weighted by Crippen LogP contribution is -2.44. The second-order valence-electron chi connectivity index (χ2n) is 10.1. The Balaban J connectivity index is 1.78. The highest BCUT2D eigenvalue weighted by Crippen LogP contribution is 2.49. The molecule has 2 heterocycles. The van der Waals surface area contributed by atoms with Crippen molar-refractivity contribution >= 4 is 29.4 Å². The van der Waals surface area contributed by atoms with Gasteiger partial charge in [-0.1, -0.05) is 79.2 Å². The topological polar surface area (TPSA) is 67.2 Å². The van der Waals surface area contributed by atoms with E-state index in [9.17, 15) is 9.59 Å². The Kier molecular flexibility index (Phi) is 7.89. The molecule has 5 rings (SSSR count). The molecule has 1 aromatic heterocycles. The predicted molar refractivity (Wildman–Crippen MR) is 159 cm³/mol. The van der Waals surface area contributed by atoms with Crippen LogP contribution in [0.1, 0.15) is 47.8 Å². The monoisotopic (exact) mass is 538 g/mol. The van der Waals surface area contributed by atoms with Gasteiger partial charge < -0.3 is 5.32 Å². The summed E-state index contributed by atoms with van der Waals surface area (Å²) in [4.78, 5) is 28.6. The van der Waals surface area contributed by atoms with E-state index in [0.29, 0.717) is 5.82 Å². The van der Waals surface area contributed by atoms with Crippen LogP contribution in [0.3, 0.4) is 0 Å². The minimum absolute atomic E-state index is 0.0232. The van der Waals surface area contributed by atoms with Crippen LogP contribution in [0.2, 0.25) is 0 Å². The number of fused-ring (bicyclic) bond motifs is 1. The molecule has 0 unspecified atom stereocenters. The zero-order chi connectivity index (χ0) is 27.5. The molecule has 1 N–H and O–H groups in total. The molecule has 0 aliphatic carbocycles. The van der Waals surface area contributed by atoms with E-state index in [1.165, 1.54) is 0 Å². The molecule has 0 saturated heterocycles. The number of carbonyl (C=O) groups is 2. The summed E-state index contributed by atoms with van der Waals surface area (Å²) in [6.07, 6.45) is 0.815. The fourth-order valence-corrected chi connectivity index (χ4v) is 6.18. The molecule has 4 aromatic rings. The Labute approximate surface area is 234 Å². The van der Waals surface area contributed by atoms with Gasteiger partial charge in [-0.05, 0) is 50.5 Å². The smallest absolute Gasteiger partial charge is 0.240 e. The maximum absolute atomic E-state index is 13.8. The summed E-state index contributed by atoms with van der Waals surface area (Å²) >= 11 is 1.59. The first-order chi connectivity index (χ1) is 18.9. The number of rotatable bonds is 7. The lowest BCUT2D eigenvalue weighted by Gasteiger charge is -2.24. The normalized spacial score (nSPS) is 15.9. The number of anilines is 1. The van der Waals surface area contributed by atoms with Crippen molar-refractivity contribution in [3.05, 3.63) is 101 Å². The van der Waals surface area contributed by atoms with Crippen molar-refractivity contribution in [2.75, 3.05) is 17.2 Å². The molecule has 2 atom stereocenters. The van der Waals surface area contributed by atoms with Gasteiger partial charge in [0.05, 0.1) is 22.4 Å². The van der Waals surface area contributed by atoms with Crippen LogP contribution in [-0.2, 0) is 9.59 Å². The van der Waals surface area contributed by atoms with Gasteiger partial charge >= 0.3 is 0 Å². The average molecular weight is 539 g/mol. The van der Waals surface area contributed by atoms with Crippen molar-refractivity contribution in [1.82, 2.24) is 15.1 Å². The first-order valence-corrected chi connectivity index (χ1v) is 14.4. The molecular formula is C32H34N4O2S. The van der Waals surface area contributed by atoms with E-state index in [2.05, 4.69) is 24.4 Å². The van der Waals surface area contributed by atoms with Gasteiger partial charge in [-0.3, -0.25) is 14.5 Å². The van der Waals surface area contributed by atoms with Gasteiger partial charge in [0.25, 0.3) is 0 Å². The Hall–Kier alpha value is -3.84. The molecule has 0 spiro atoms. The Morgan fingerprint density at radius 2 is 1.72 bits per heavy atom. The van der Waals surface area contributed by atoms with Crippen molar-refractivity contribution in [3.8, 4) is 16.9 Å². The van der Waals surface area contributed by atoms with Gasteiger partial charge in [0.2, 0.25) is 11.8 Å². The molecule has 0 fully saturated rings. The molecule has 39 heavy (non-hydrogen) atoms. The number of aryl methyl sites for hydroxylation is 2. The number of nitrogens with zero attached hydrogens (tertiary/aromatic N) is 3. The number of nitrogens with one attached hydrogen (secondary N) is 1. The summed E-state index contributed by atoms with van der Waals surface area (Å²) in [6, 6.07) is 26.5. The largest absolute Gasteiger partial charge is 0.352 e. The first kappa shape index (κ1) is 26.8. The summed E-state index contributed by atoms with van der Waals surface area (Å²) in [5.41, 5.74) is 7.00. The van der Waals surface area contributed by atoms with Crippen LogP contribution in [0.25, 0.3) is 16.9 Å². The Morgan fingerprint density at radius 3 is 2.41 bits per heavy atom. The number of aromatic nitrogens is 2. The molecule has 1 aliphatic rings. The van der Waals surface area contributed by atoms with E-state index in [1.54, 1.807) is 16.7 Å². The lowest BCUT2D eigenvalue weighted by molar-refractivity contribution is -0.123. The summed E-state index contributed by atoms with van der Waals surface area (Å²) in [6.45, 7) is 8.09. The molecule has 200 valence electrons. The minimum atomic E-state index is -0.180. The highest BCUT2D eigenvalue weighted by molar-refractivity contribution is 8.00. The highest BCUT2D eigenvalue weighted by atomic mass is 32.2. The molecule has 2 amide bonds. The van der Waals surface area contributed by atoms with Crippen LogP contribution >= 0.6 is 11.8 Å². The van der Waals surface area contributed by atoms with E-state index in [-0.39, 0.29) is 35.4 Å². The third-order valence-electron chi connectivity index (χ3n) is 7.21. The highest BCUT2D eigenvalue weighted by Gasteiger charge is 2.38. The molecule has 0 saturated carbocycles. The lowest BCUT2D eigenvalue weighted by atomic mass is 9.97. The van der Waals surface area contributed by atoms with Crippen LogP contribution in [0.15, 0.2) is 78.9 Å². The molecule has 0 bridgehead atoms. The van der Waals surface area contributed by atoms with Crippen molar-refractivity contribution in [2.24, 2.45) is 0 Å². The standard InChI is InChI=1S/C32H34N4O2S/c1-5-23(4)33-27(37)19-35-28(38)20-39-31(26-14-10-9-11-22(26)3)29-30(24-12-7-6-8-13-24)34-36(32(29)35)25-17-15-21(2)16-18-25/h6-18,23,31H,5,19-20H2,1-4H3,(H,33,37)/t23-,31+/m0/s1. The van der Waals surface area contributed by atoms with E-state index in [4.69, 9.17) is 5.10 Å². The summed E-state index contributed by atoms with van der Waals surface area (Å²) < 4.78 is 1.85. The SMILES string of the molecule is CC[C@H](C)NC(=O)CN1C(=O)CS[C@H](c2ccccc2C)c2c(-c3ccccc3)nn(-c3ccc(C)cc3)c21. The van der Waals surface area contributed by atoms with Crippen molar-refractivity contribution in [3.63, 3.8) is 0 Å². The minimum Gasteiger partial charge on any atom is -0.352 e. The first-order valence-electron chi connectivity index (χ1n) is 13.4. The number of benzene rings is 3. The molecular weight excluding hydrogens is 504 g/mol. The second-order valence-corrected chi connectivity index (χ2v) is 11.2. The maximum atomic E-state index is 13.8. The van der Waals surface area contributed by atoms with E-state index in [1.807, 2.05) is 92.2 Å². The van der Waals surface area contributed by atoms with Gasteiger partial charge in [-0.25, -0.2) is 4.68 Å². The fourth-order valence-electron chi connectivity index (χ4n) is 4.89. The van der Waals surface area contributed by atoms with Crippen LogP contribution in [-0.4, -0.2) is 39.9 Å². The molecule has 7 heteroatoms. The van der Waals surface area contributed by atoms with E-state index < -0.39 is 0 Å². The van der Waals surface area contributed by atoms with E-state index in [0.717, 1.165) is 45.6 Å². The quantitative estimate of drug-likeness (QED) is 0.302. The van der Waals surface area contributed by atoms with Crippen LogP contribution < -0.4 is 10.2 Å². The molecule has 3 aromatic carbocycles. The van der Waals surface area contributed by atoms with E-state index >= 15 is 0 Å². The second kappa shape index (κ2) is 11.5. The Bertz CT molecular complexity index is 1480. The Morgan fingerprint density at radius 1 is 1.03 bits per heavy atom. The van der Waals surface area contributed by atoms with Crippen LogP contribution in [0, 0.1) is 13.8 Å². The molecule has 1 aliphatic heterocycles. The van der Waals surface area contributed by atoms with Crippen LogP contribution in [0.5, 0.6) is 0 Å². The molecule has 0 radical (unpaired) electrons. The van der Waals surface area contributed by atoms with Crippen molar-refractivity contribution < 1.29 is 9.59 Å². The summed E-state index contributed by atoms with van der Waals surface area (Å²) in [5.74, 6) is 0.623. The van der Waals surface area contributed by atoms with Gasteiger partial charge in [0, 0.05) is 17.2 Å². The zero-order valence-electron chi connectivity index (χ0n) is 22.8. The predicted octanol–water partition coefficient (Wildman–Crippen LogP) is 6.24. The summed E-state index contributed by atoms with van der Waals surface area (Å²) in [5, 5.41) is 8.06. The fraction of sp³-hybridized carbons (Fsp3) is 0.281. The third-order valence-corrected chi connectivity index (χ3v) is 8.44. The van der Waals surface area contributed by atoms with Gasteiger partial charge in [-0.15, -0.1) is 11.8 Å². The molecule has 6 nitrogen and oxygen atoms in total. The summed E-state index contributed by atoms with van der Waals surface area (Å²) in [7, 11) is 0. The van der Waals surface area contributed by atoms with Gasteiger partial charge in [-0.2, -0.15) is 5.10 Å². The van der Waals surface area contributed by atoms with Crippen molar-refractivity contribution in [2.45, 2.75) is 45.4 Å². The number of thioether (sulfide) groups is 1. The van der Waals surface area contributed by atoms with Gasteiger partial charge in [0.15, 0.2) is 0 Å². The number of amides is 2. The number of carbonyl (C=O) groups excluding carboxylic acids is 2. The third kappa shape index (κ3) is 5.50. The zero-order valence-corrected chi connectivity index (χ0v) is 23.7. The average Bonchev–Trinajstić information content (AvgIpc) is 3.27. The number of hydrogen-bond donors (Lipinski definition) is 1. The van der Waals surface area contributed by atoms with Crippen molar-refractivity contribution in [1.29, 1.82) is 0 Å². The number of hydrogen-bond acceptors (Lipinski definition) is 4.